The molecule has 0 amide bonds. The van der Waals surface area contributed by atoms with Gasteiger partial charge in [0, 0.05) is 12.2 Å². The number of halogens is 1. The van der Waals surface area contributed by atoms with Crippen LogP contribution in [-0.4, -0.2) is 18.1 Å². The van der Waals surface area contributed by atoms with Gasteiger partial charge >= 0.3 is 0 Å². The van der Waals surface area contributed by atoms with Gasteiger partial charge in [-0.25, -0.2) is 0 Å². The lowest BCUT2D eigenvalue weighted by Gasteiger charge is -2.02. The summed E-state index contributed by atoms with van der Waals surface area (Å²) in [5.74, 6) is 6.10. The zero-order chi connectivity index (χ0) is 9.80. The molecule has 1 fully saturated rings. The second kappa shape index (κ2) is 4.50. The van der Waals surface area contributed by atoms with Gasteiger partial charge in [-0.05, 0) is 18.6 Å². The van der Waals surface area contributed by atoms with Gasteiger partial charge in [0.05, 0.1) is 5.38 Å². The van der Waals surface area contributed by atoms with Crippen molar-refractivity contribution in [3.8, 4) is 11.8 Å². The molecule has 2 rings (SSSR count). The molecule has 0 N–H and O–H groups in total. The number of alkyl halides is 1. The number of benzene rings is 1. The Kier molecular flexibility index (Phi) is 3.08. The topological polar surface area (TPSA) is 9.23 Å². The van der Waals surface area contributed by atoms with Gasteiger partial charge in [-0.1, -0.05) is 30.0 Å². The third kappa shape index (κ3) is 2.29. The Morgan fingerprint density at radius 2 is 2.07 bits per heavy atom. The Labute approximate surface area is 89.0 Å². The summed E-state index contributed by atoms with van der Waals surface area (Å²) >= 11 is 6.02. The predicted octanol–water partition coefficient (Wildman–Crippen LogP) is 2.43. The first-order valence-electron chi connectivity index (χ1n) is 4.68. The Bertz CT molecular complexity index is 350. The van der Waals surface area contributed by atoms with Gasteiger partial charge in [0.15, 0.2) is 0 Å². The first kappa shape index (κ1) is 9.58. The van der Waals surface area contributed by atoms with Gasteiger partial charge in [-0.2, -0.15) is 0 Å². The van der Waals surface area contributed by atoms with Crippen molar-refractivity contribution in [3.63, 3.8) is 0 Å². The second-order valence-corrected chi connectivity index (χ2v) is 3.79. The molecule has 1 nitrogen and oxygen atoms in total. The lowest BCUT2D eigenvalue weighted by molar-refractivity contribution is 0.153. The molecule has 2 atom stereocenters. The van der Waals surface area contributed by atoms with Crippen LogP contribution >= 0.6 is 11.6 Å². The first-order valence-corrected chi connectivity index (χ1v) is 5.12. The monoisotopic (exact) mass is 206 g/mol. The number of hydrogen-bond donors (Lipinski definition) is 0. The second-order valence-electron chi connectivity index (χ2n) is 3.23. The third-order valence-electron chi connectivity index (χ3n) is 2.15. The molecule has 0 saturated carbocycles. The number of ether oxygens (including phenoxy) is 1. The van der Waals surface area contributed by atoms with E-state index in [1.807, 2.05) is 30.3 Å². The van der Waals surface area contributed by atoms with Crippen LogP contribution in [0.15, 0.2) is 30.3 Å². The van der Waals surface area contributed by atoms with Crippen molar-refractivity contribution in [2.75, 3.05) is 6.61 Å². The van der Waals surface area contributed by atoms with Crippen molar-refractivity contribution in [1.29, 1.82) is 0 Å². The molecule has 0 aromatic heterocycles. The highest BCUT2D eigenvalue weighted by molar-refractivity contribution is 6.21. The normalized spacial score (nSPS) is 25.5. The van der Waals surface area contributed by atoms with E-state index in [-0.39, 0.29) is 11.5 Å². The molecular weight excluding hydrogens is 196 g/mol. The van der Waals surface area contributed by atoms with Gasteiger partial charge < -0.3 is 4.74 Å². The van der Waals surface area contributed by atoms with Crippen LogP contribution in [0.3, 0.4) is 0 Å². The van der Waals surface area contributed by atoms with Crippen LogP contribution in [0, 0.1) is 11.8 Å². The first-order chi connectivity index (χ1) is 6.86. The minimum absolute atomic E-state index is 0.0474. The van der Waals surface area contributed by atoms with Crippen molar-refractivity contribution >= 4 is 11.6 Å². The van der Waals surface area contributed by atoms with Gasteiger partial charge in [0.25, 0.3) is 0 Å². The van der Waals surface area contributed by atoms with Crippen LogP contribution in [0.4, 0.5) is 0 Å². The van der Waals surface area contributed by atoms with E-state index in [0.717, 1.165) is 18.6 Å². The smallest absolute Gasteiger partial charge is 0.134 e. The lowest BCUT2D eigenvalue weighted by Crippen LogP contribution is -2.12. The lowest BCUT2D eigenvalue weighted by atomic mass is 10.2. The summed E-state index contributed by atoms with van der Waals surface area (Å²) in [6.45, 7) is 0.725. The van der Waals surface area contributed by atoms with Crippen molar-refractivity contribution < 1.29 is 4.74 Å². The highest BCUT2D eigenvalue weighted by Crippen LogP contribution is 2.18. The molecule has 1 aliphatic heterocycles. The fourth-order valence-corrected chi connectivity index (χ4v) is 1.60. The number of rotatable bonds is 0. The fraction of sp³-hybridized carbons (Fsp3) is 0.333. The average Bonchev–Trinajstić information content (AvgIpc) is 2.63. The van der Waals surface area contributed by atoms with E-state index in [9.17, 15) is 0 Å². The zero-order valence-electron chi connectivity index (χ0n) is 7.74. The van der Waals surface area contributed by atoms with E-state index in [2.05, 4.69) is 11.8 Å². The largest absolute Gasteiger partial charge is 0.364 e. The zero-order valence-corrected chi connectivity index (χ0v) is 8.50. The van der Waals surface area contributed by atoms with Crippen LogP contribution in [0.25, 0.3) is 0 Å². The molecule has 2 heteroatoms. The predicted molar refractivity (Wildman–Crippen MR) is 57.3 cm³/mol. The van der Waals surface area contributed by atoms with Gasteiger partial charge in [-0.3, -0.25) is 0 Å². The molecule has 14 heavy (non-hydrogen) atoms. The molecule has 2 unspecified atom stereocenters. The summed E-state index contributed by atoms with van der Waals surface area (Å²) < 4.78 is 5.38. The van der Waals surface area contributed by atoms with E-state index in [1.165, 1.54) is 0 Å². The Hall–Kier alpha value is -0.970. The SMILES string of the molecule is ClC1CCOC1C#Cc1ccccc1. The van der Waals surface area contributed by atoms with Gasteiger partial charge in [0.1, 0.15) is 6.10 Å². The highest BCUT2D eigenvalue weighted by Gasteiger charge is 2.23. The summed E-state index contributed by atoms with van der Waals surface area (Å²) in [6, 6.07) is 9.87. The van der Waals surface area contributed by atoms with Crippen LogP contribution in [0.2, 0.25) is 0 Å². The van der Waals surface area contributed by atoms with Crippen molar-refractivity contribution in [1.82, 2.24) is 0 Å². The maximum absolute atomic E-state index is 6.02. The summed E-state index contributed by atoms with van der Waals surface area (Å²) in [5, 5.41) is 0.0474. The van der Waals surface area contributed by atoms with Crippen LogP contribution in [-0.2, 0) is 4.74 Å². The molecule has 1 aromatic rings. The Balaban J connectivity index is 2.07. The maximum Gasteiger partial charge on any atom is 0.134 e. The molecule has 1 aliphatic rings. The molecule has 0 radical (unpaired) electrons. The molecule has 72 valence electrons. The van der Waals surface area contributed by atoms with E-state index in [0.29, 0.717) is 0 Å². The molecule has 0 aliphatic carbocycles. The number of hydrogen-bond acceptors (Lipinski definition) is 1. The molecule has 1 aromatic carbocycles. The Morgan fingerprint density at radius 3 is 2.71 bits per heavy atom. The molecular formula is C12H11ClO. The van der Waals surface area contributed by atoms with Crippen LogP contribution < -0.4 is 0 Å². The Morgan fingerprint density at radius 1 is 1.29 bits per heavy atom. The van der Waals surface area contributed by atoms with Crippen LogP contribution in [0.1, 0.15) is 12.0 Å². The summed E-state index contributed by atoms with van der Waals surface area (Å²) in [5.41, 5.74) is 1.01. The van der Waals surface area contributed by atoms with E-state index in [1.54, 1.807) is 0 Å². The van der Waals surface area contributed by atoms with Crippen LogP contribution in [0.5, 0.6) is 0 Å². The summed E-state index contributed by atoms with van der Waals surface area (Å²) in [6.07, 6.45) is 0.798. The third-order valence-corrected chi connectivity index (χ3v) is 2.60. The van der Waals surface area contributed by atoms with Crippen molar-refractivity contribution in [2.24, 2.45) is 0 Å². The molecule has 0 bridgehead atoms. The van der Waals surface area contributed by atoms with E-state index >= 15 is 0 Å². The minimum Gasteiger partial charge on any atom is -0.364 e. The highest BCUT2D eigenvalue weighted by atomic mass is 35.5. The molecule has 1 saturated heterocycles. The summed E-state index contributed by atoms with van der Waals surface area (Å²) in [4.78, 5) is 0. The van der Waals surface area contributed by atoms with Crippen molar-refractivity contribution in [3.05, 3.63) is 35.9 Å². The maximum atomic E-state index is 6.02. The standard InChI is InChI=1S/C12H11ClO/c13-11-8-9-14-12(11)7-6-10-4-2-1-3-5-10/h1-5,11-12H,8-9H2. The fourth-order valence-electron chi connectivity index (χ4n) is 1.37. The van der Waals surface area contributed by atoms with Gasteiger partial charge in [0.2, 0.25) is 0 Å². The quantitative estimate of drug-likeness (QED) is 0.468. The molecule has 1 heterocycles. The molecule has 0 spiro atoms. The average molecular weight is 207 g/mol. The van der Waals surface area contributed by atoms with Crippen molar-refractivity contribution in [2.45, 2.75) is 17.9 Å². The minimum atomic E-state index is -0.100. The van der Waals surface area contributed by atoms with Gasteiger partial charge in [-0.15, -0.1) is 11.6 Å². The van der Waals surface area contributed by atoms with E-state index < -0.39 is 0 Å². The summed E-state index contributed by atoms with van der Waals surface area (Å²) in [7, 11) is 0. The van der Waals surface area contributed by atoms with E-state index in [4.69, 9.17) is 16.3 Å².